The summed E-state index contributed by atoms with van der Waals surface area (Å²) in [5, 5.41) is 2.09. The highest BCUT2D eigenvalue weighted by atomic mass is 79.9. The van der Waals surface area contributed by atoms with Gasteiger partial charge in [-0.2, -0.15) is 0 Å². The smallest absolute Gasteiger partial charge is 0.123 e. The fourth-order valence-corrected chi connectivity index (χ4v) is 3.77. The van der Waals surface area contributed by atoms with Gasteiger partial charge in [-0.05, 0) is 60.1 Å². The van der Waals surface area contributed by atoms with Gasteiger partial charge in [-0.1, -0.05) is 12.1 Å². The van der Waals surface area contributed by atoms with Gasteiger partial charge in [-0.25, -0.2) is 4.39 Å². The third-order valence-corrected chi connectivity index (χ3v) is 5.56. The molecule has 0 aliphatic rings. The molecule has 0 saturated carbocycles. The molecule has 0 amide bonds. The molecule has 1 aromatic heterocycles. The van der Waals surface area contributed by atoms with E-state index in [9.17, 15) is 4.39 Å². The maximum Gasteiger partial charge on any atom is 0.123 e. The van der Waals surface area contributed by atoms with Gasteiger partial charge in [-0.3, -0.25) is 4.90 Å². The maximum atomic E-state index is 13.0. The van der Waals surface area contributed by atoms with Crippen molar-refractivity contribution in [2.45, 2.75) is 25.4 Å². The number of rotatable bonds is 6. The average Bonchev–Trinajstić information content (AvgIpc) is 2.86. The number of hydrogen-bond donors (Lipinski definition) is 1. The number of thiophene rings is 1. The van der Waals surface area contributed by atoms with Gasteiger partial charge in [0.05, 0.1) is 0 Å². The van der Waals surface area contributed by atoms with Crippen molar-refractivity contribution in [3.8, 4) is 0 Å². The highest BCUT2D eigenvalue weighted by molar-refractivity contribution is 9.10. The Morgan fingerprint density at radius 1 is 1.33 bits per heavy atom. The number of nitrogens with two attached hydrogens (primary N) is 1. The van der Waals surface area contributed by atoms with Crippen molar-refractivity contribution < 1.29 is 4.39 Å². The molecule has 1 unspecified atom stereocenters. The van der Waals surface area contributed by atoms with Crippen LogP contribution in [0.25, 0.3) is 0 Å². The van der Waals surface area contributed by atoms with Crippen molar-refractivity contribution in [3.63, 3.8) is 0 Å². The molecule has 2 nitrogen and oxygen atoms in total. The number of nitrogens with zero attached hydrogens (tertiary/aromatic N) is 1. The molecule has 0 saturated heterocycles. The van der Waals surface area contributed by atoms with Crippen LogP contribution in [0.1, 0.15) is 17.4 Å². The molecule has 0 radical (unpaired) electrons. The average molecular weight is 371 g/mol. The summed E-state index contributed by atoms with van der Waals surface area (Å²) in [5.41, 5.74) is 6.97. The largest absolute Gasteiger partial charge is 0.329 e. The van der Waals surface area contributed by atoms with E-state index >= 15 is 0 Å². The number of hydrogen-bond acceptors (Lipinski definition) is 3. The zero-order valence-electron chi connectivity index (χ0n) is 12.3. The monoisotopic (exact) mass is 370 g/mol. The van der Waals surface area contributed by atoms with Crippen molar-refractivity contribution in [3.05, 3.63) is 56.4 Å². The van der Waals surface area contributed by atoms with Gasteiger partial charge in [-0.15, -0.1) is 11.3 Å². The summed E-state index contributed by atoms with van der Waals surface area (Å²) in [6.07, 6.45) is 0.798. The number of halogens is 2. The predicted octanol–water partition coefficient (Wildman–Crippen LogP) is 4.04. The number of likely N-dealkylation sites (N-methyl/N-ethyl adjacent to an activating group) is 1. The zero-order valence-corrected chi connectivity index (χ0v) is 14.7. The summed E-state index contributed by atoms with van der Waals surface area (Å²) in [5.74, 6) is -0.204. The predicted molar refractivity (Wildman–Crippen MR) is 91.0 cm³/mol. The Balaban J connectivity index is 2.09. The van der Waals surface area contributed by atoms with E-state index in [1.54, 1.807) is 11.3 Å². The molecule has 1 atom stereocenters. The number of benzene rings is 1. The Labute approximate surface area is 137 Å². The lowest BCUT2D eigenvalue weighted by Crippen LogP contribution is -2.50. The van der Waals surface area contributed by atoms with Crippen LogP contribution in [0.3, 0.4) is 0 Å². The summed E-state index contributed by atoms with van der Waals surface area (Å²) in [6.45, 7) is 3.55. The second-order valence-electron chi connectivity index (χ2n) is 5.59. The van der Waals surface area contributed by atoms with Gasteiger partial charge in [0.1, 0.15) is 5.82 Å². The van der Waals surface area contributed by atoms with Gasteiger partial charge in [0.25, 0.3) is 0 Å². The van der Waals surface area contributed by atoms with Gasteiger partial charge in [0.2, 0.25) is 0 Å². The third kappa shape index (κ3) is 4.36. The van der Waals surface area contributed by atoms with Crippen LogP contribution < -0.4 is 5.73 Å². The summed E-state index contributed by atoms with van der Waals surface area (Å²) in [6, 6.07) is 8.80. The van der Waals surface area contributed by atoms with E-state index in [1.807, 2.05) is 12.1 Å². The van der Waals surface area contributed by atoms with Crippen LogP contribution >= 0.6 is 27.3 Å². The molecule has 0 aliphatic heterocycles. The molecule has 1 aromatic carbocycles. The first kappa shape index (κ1) is 16.6. The molecule has 0 fully saturated rings. The Bertz CT molecular complexity index is 584. The SMILES string of the molecule is CN(Cc1cc(Br)cs1)C(C)(CN)Cc1ccc(F)cc1. The molecular weight excluding hydrogens is 351 g/mol. The zero-order chi connectivity index (χ0) is 15.5. The normalized spacial score (nSPS) is 14.4. The minimum atomic E-state index is -0.204. The minimum Gasteiger partial charge on any atom is -0.329 e. The summed E-state index contributed by atoms with van der Waals surface area (Å²) in [7, 11) is 2.09. The van der Waals surface area contributed by atoms with Crippen LogP contribution in [0.5, 0.6) is 0 Å². The van der Waals surface area contributed by atoms with Crippen LogP contribution in [-0.2, 0) is 13.0 Å². The van der Waals surface area contributed by atoms with Gasteiger partial charge in [0, 0.05) is 33.4 Å². The highest BCUT2D eigenvalue weighted by Crippen LogP contribution is 2.25. The van der Waals surface area contributed by atoms with E-state index in [-0.39, 0.29) is 11.4 Å². The first-order valence-electron chi connectivity index (χ1n) is 6.81. The summed E-state index contributed by atoms with van der Waals surface area (Å²) < 4.78 is 14.1. The summed E-state index contributed by atoms with van der Waals surface area (Å²) in [4.78, 5) is 3.57. The van der Waals surface area contributed by atoms with Crippen LogP contribution in [0.4, 0.5) is 4.39 Å². The van der Waals surface area contributed by atoms with Crippen LogP contribution in [0, 0.1) is 5.82 Å². The van der Waals surface area contributed by atoms with E-state index in [0.29, 0.717) is 6.54 Å². The Morgan fingerprint density at radius 3 is 2.52 bits per heavy atom. The first-order valence-corrected chi connectivity index (χ1v) is 8.49. The van der Waals surface area contributed by atoms with Crippen LogP contribution in [-0.4, -0.2) is 24.0 Å². The third-order valence-electron chi connectivity index (χ3n) is 3.87. The molecule has 0 spiro atoms. The Kier molecular flexibility index (Phi) is 5.54. The van der Waals surface area contributed by atoms with E-state index in [2.05, 4.69) is 46.2 Å². The fraction of sp³-hybridized carbons (Fsp3) is 0.375. The molecule has 114 valence electrons. The fourth-order valence-electron chi connectivity index (χ4n) is 2.27. The van der Waals surface area contributed by atoms with Crippen molar-refractivity contribution in [2.24, 2.45) is 5.73 Å². The van der Waals surface area contributed by atoms with Gasteiger partial charge >= 0.3 is 0 Å². The Hall–Kier alpha value is -0.750. The second kappa shape index (κ2) is 7.01. The quantitative estimate of drug-likeness (QED) is 0.831. The molecule has 21 heavy (non-hydrogen) atoms. The topological polar surface area (TPSA) is 29.3 Å². The first-order chi connectivity index (χ1) is 9.93. The molecule has 5 heteroatoms. The molecule has 1 heterocycles. The molecule has 2 N–H and O–H groups in total. The maximum absolute atomic E-state index is 13.0. The van der Waals surface area contributed by atoms with E-state index in [1.165, 1.54) is 17.0 Å². The van der Waals surface area contributed by atoms with Gasteiger partial charge < -0.3 is 5.73 Å². The van der Waals surface area contributed by atoms with Gasteiger partial charge in [0.15, 0.2) is 0 Å². The lowest BCUT2D eigenvalue weighted by Gasteiger charge is -2.38. The van der Waals surface area contributed by atoms with Crippen molar-refractivity contribution in [2.75, 3.05) is 13.6 Å². The van der Waals surface area contributed by atoms with Crippen molar-refractivity contribution >= 4 is 27.3 Å². The lowest BCUT2D eigenvalue weighted by molar-refractivity contribution is 0.137. The Morgan fingerprint density at radius 2 is 2.00 bits per heavy atom. The highest BCUT2D eigenvalue weighted by Gasteiger charge is 2.28. The van der Waals surface area contributed by atoms with Crippen LogP contribution in [0.15, 0.2) is 40.2 Å². The second-order valence-corrected chi connectivity index (χ2v) is 7.50. The van der Waals surface area contributed by atoms with Crippen molar-refractivity contribution in [1.82, 2.24) is 4.90 Å². The van der Waals surface area contributed by atoms with Crippen molar-refractivity contribution in [1.29, 1.82) is 0 Å². The minimum absolute atomic E-state index is 0.158. The molecule has 0 aliphatic carbocycles. The molecule has 0 bridgehead atoms. The van der Waals surface area contributed by atoms with E-state index < -0.39 is 0 Å². The molecule has 2 aromatic rings. The van der Waals surface area contributed by atoms with E-state index in [0.717, 1.165) is 23.0 Å². The van der Waals surface area contributed by atoms with E-state index in [4.69, 9.17) is 5.73 Å². The summed E-state index contributed by atoms with van der Waals surface area (Å²) >= 11 is 5.22. The molecular formula is C16H20BrFN2S. The van der Waals surface area contributed by atoms with Crippen LogP contribution in [0.2, 0.25) is 0 Å². The molecule has 2 rings (SSSR count). The lowest BCUT2D eigenvalue weighted by atomic mass is 9.91. The standard InChI is InChI=1S/C16H20BrFN2S/c1-16(11-19,8-12-3-5-14(18)6-4-12)20(2)9-15-7-13(17)10-21-15/h3-7,10H,8-9,11,19H2,1-2H3.